The molecule has 3 heterocycles. The van der Waals surface area contributed by atoms with E-state index in [0.29, 0.717) is 50.5 Å². The number of ketones is 3. The minimum absolute atomic E-state index is 0.0144. The Hall–Kier alpha value is -2.95. The van der Waals surface area contributed by atoms with Crippen LogP contribution in [0.4, 0.5) is 0 Å². The van der Waals surface area contributed by atoms with Crippen molar-refractivity contribution in [2.75, 3.05) is 41.2 Å². The number of ether oxygens (including phenoxy) is 5. The lowest BCUT2D eigenvalue weighted by atomic mass is 9.78. The van der Waals surface area contributed by atoms with E-state index < -0.39 is 85.5 Å². The van der Waals surface area contributed by atoms with E-state index in [2.05, 4.69) is 0 Å². The van der Waals surface area contributed by atoms with Gasteiger partial charge in [0.15, 0.2) is 19.4 Å². The van der Waals surface area contributed by atoms with Gasteiger partial charge in [0.2, 0.25) is 5.79 Å². The molecule has 0 spiro atoms. The number of aliphatic hydroxyl groups is 3. The van der Waals surface area contributed by atoms with Gasteiger partial charge in [0.05, 0.1) is 36.6 Å². The van der Waals surface area contributed by atoms with Crippen molar-refractivity contribution >= 4 is 30.6 Å². The van der Waals surface area contributed by atoms with Gasteiger partial charge in [-0.2, -0.15) is 0 Å². The fourth-order valence-electron chi connectivity index (χ4n) is 10.4. The van der Waals surface area contributed by atoms with Gasteiger partial charge in [-0.15, -0.1) is 0 Å². The van der Waals surface area contributed by atoms with Crippen molar-refractivity contribution in [3.05, 3.63) is 59.8 Å². The van der Waals surface area contributed by atoms with Crippen LogP contribution < -0.4 is 0 Å². The summed E-state index contributed by atoms with van der Waals surface area (Å²) in [6.07, 6.45) is 12.3. The first-order valence-corrected chi connectivity index (χ1v) is 27.5. The van der Waals surface area contributed by atoms with Crippen molar-refractivity contribution in [1.29, 1.82) is 0 Å². The molecule has 69 heavy (non-hydrogen) atoms. The summed E-state index contributed by atoms with van der Waals surface area (Å²) in [6.45, 7) is 15.8. The second-order valence-electron chi connectivity index (χ2n) is 20.7. The SMILES string of the molecule is CO[C@H]1C[C@@H]2CC[C@@H](C)[C@@](O)(O2)C(=O)C(=O)N2CC=CC[C@H]2[C@H](O)O[C@H]([C@@H](C)C[C@@H]2CC[C@H](OP(C)(C)=O)[C@H](OC)C2)CC(=O)[C@H](C)/C=C(\C)[C@@H](O)[C@@H](OC)C(=O)[C@H](C)C[C@H](C)/C=C/C=C/C=C/1C. The third-order valence-corrected chi connectivity index (χ3v) is 15.5. The minimum atomic E-state index is -2.78. The Morgan fingerprint density at radius 1 is 0.870 bits per heavy atom. The Bertz CT molecular complexity index is 1940. The van der Waals surface area contributed by atoms with Crippen molar-refractivity contribution < 1.29 is 67.3 Å². The normalized spacial score (nSPS) is 40.0. The van der Waals surface area contributed by atoms with Gasteiger partial charge < -0.3 is 48.4 Å². The number of hydrogen-bond acceptors (Lipinski definition) is 14. The lowest BCUT2D eigenvalue weighted by molar-refractivity contribution is -0.266. The zero-order valence-electron chi connectivity index (χ0n) is 43.3. The van der Waals surface area contributed by atoms with Crippen LogP contribution in [0, 0.1) is 35.5 Å². The van der Waals surface area contributed by atoms with E-state index in [1.54, 1.807) is 66.5 Å². The van der Waals surface area contributed by atoms with Crippen LogP contribution in [0.5, 0.6) is 0 Å². The molecule has 16 atom stereocenters. The maximum absolute atomic E-state index is 14.3. The van der Waals surface area contributed by atoms with Crippen LogP contribution in [-0.2, 0) is 52.0 Å². The number of hydrogen-bond donors (Lipinski definition) is 3. The number of rotatable bonds is 8. The number of carbonyl (C=O) groups is 4. The molecule has 1 saturated heterocycles. The van der Waals surface area contributed by atoms with Crippen LogP contribution in [0.3, 0.4) is 0 Å². The number of allylic oxidation sites excluding steroid dienone is 6. The van der Waals surface area contributed by atoms with Gasteiger partial charge in [-0.05, 0) is 94.1 Å². The standard InChI is InChI=1S/C53H84NO14P/c1-32-18-14-13-15-19-33(2)44(63-8)30-40-23-21-38(7)53(61,67-40)50(58)51(59)54-25-17-16-20-41(54)52(60)66-45(35(4)28-39-22-24-43(46(29-39)64-9)68-69(11,12)62)31-42(55)34(3)27-37(6)48(57)49(65-10)47(56)36(5)26-32/h13-19,27,32,34-36,38-41,43-46,48-49,52,57,60-61H,20-26,28-31H2,1-12H3/b15-13+,18-14+,33-19+,37-27+/t32-,34-,35+,36-,38-,39+,40+,41+,43+,44+,45+,46-,48-,49+,52-,53-/m1/s1. The average molecular weight is 990 g/mol. The molecule has 2 fully saturated rings. The maximum Gasteiger partial charge on any atom is 0.296 e. The topological polar surface area (TPSA) is 205 Å². The molecule has 3 N–H and O–H groups in total. The predicted molar refractivity (Wildman–Crippen MR) is 264 cm³/mol. The van der Waals surface area contributed by atoms with Gasteiger partial charge in [-0.25, -0.2) is 0 Å². The summed E-state index contributed by atoms with van der Waals surface area (Å²) in [6, 6.07) is -1.05. The number of amides is 1. The molecule has 16 heteroatoms. The van der Waals surface area contributed by atoms with E-state index in [1.807, 2.05) is 58.1 Å². The molecule has 4 rings (SSSR count). The monoisotopic (exact) mass is 990 g/mol. The van der Waals surface area contributed by atoms with Gasteiger partial charge in [0, 0.05) is 71.8 Å². The molecule has 0 aromatic heterocycles. The summed E-state index contributed by atoms with van der Waals surface area (Å²) in [4.78, 5) is 57.8. The van der Waals surface area contributed by atoms with E-state index in [-0.39, 0.29) is 60.9 Å². The Morgan fingerprint density at radius 2 is 1.58 bits per heavy atom. The molecule has 0 unspecified atom stereocenters. The molecule has 4 aliphatic rings. The molecular weight excluding hydrogens is 906 g/mol. The molecular formula is C53H84NO14P. The van der Waals surface area contributed by atoms with Crippen LogP contribution in [-0.4, -0.2) is 146 Å². The summed E-state index contributed by atoms with van der Waals surface area (Å²) in [5, 5.41) is 35.5. The average Bonchev–Trinajstić information content (AvgIpc) is 3.30. The highest BCUT2D eigenvalue weighted by Gasteiger charge is 2.53. The molecule has 1 aliphatic carbocycles. The number of carbonyl (C=O) groups excluding carboxylic acids is 4. The lowest BCUT2D eigenvalue weighted by Gasteiger charge is -2.43. The van der Waals surface area contributed by atoms with E-state index in [9.17, 15) is 39.1 Å². The molecule has 1 amide bonds. The number of fused-ring (bicyclic) bond motifs is 3. The van der Waals surface area contributed by atoms with Crippen molar-refractivity contribution in [1.82, 2.24) is 4.90 Å². The van der Waals surface area contributed by atoms with Crippen LogP contribution >= 0.6 is 7.37 Å². The highest BCUT2D eigenvalue weighted by atomic mass is 31.2. The summed E-state index contributed by atoms with van der Waals surface area (Å²) in [7, 11) is 1.78. The van der Waals surface area contributed by atoms with Crippen LogP contribution in [0.1, 0.15) is 113 Å². The third kappa shape index (κ3) is 16.3. The second kappa shape index (κ2) is 26.7. The Morgan fingerprint density at radius 3 is 2.23 bits per heavy atom. The van der Waals surface area contributed by atoms with Gasteiger partial charge in [-0.1, -0.05) is 83.2 Å². The number of nitrogens with zero attached hydrogens (tertiary/aromatic N) is 1. The Kier molecular flexibility index (Phi) is 22.6. The molecule has 2 bridgehead atoms. The van der Waals surface area contributed by atoms with E-state index in [1.165, 1.54) is 12.0 Å². The maximum atomic E-state index is 14.3. The highest BCUT2D eigenvalue weighted by Crippen LogP contribution is 2.45. The number of methoxy groups -OCH3 is 3. The van der Waals surface area contributed by atoms with Gasteiger partial charge >= 0.3 is 0 Å². The van der Waals surface area contributed by atoms with E-state index >= 15 is 0 Å². The van der Waals surface area contributed by atoms with Crippen molar-refractivity contribution in [3.63, 3.8) is 0 Å². The molecule has 0 aromatic carbocycles. The lowest BCUT2D eigenvalue weighted by Crippen LogP contribution is -2.61. The Balaban J connectivity index is 1.70. The summed E-state index contributed by atoms with van der Waals surface area (Å²) < 4.78 is 48.4. The summed E-state index contributed by atoms with van der Waals surface area (Å²) in [5.41, 5.74) is 1.27. The molecule has 1 saturated carbocycles. The van der Waals surface area contributed by atoms with Crippen LogP contribution in [0.25, 0.3) is 0 Å². The third-order valence-electron chi connectivity index (χ3n) is 14.7. The molecule has 0 radical (unpaired) electrons. The minimum Gasteiger partial charge on any atom is -0.386 e. The van der Waals surface area contributed by atoms with E-state index in [4.69, 9.17) is 28.2 Å². The van der Waals surface area contributed by atoms with Gasteiger partial charge in [0.1, 0.15) is 18.0 Å². The van der Waals surface area contributed by atoms with Crippen molar-refractivity contribution in [3.8, 4) is 0 Å². The first kappa shape index (κ1) is 58.6. The quantitative estimate of drug-likeness (QED) is 0.124. The fraction of sp³-hybridized carbons (Fsp3) is 0.736. The van der Waals surface area contributed by atoms with Crippen LogP contribution in [0.15, 0.2) is 59.8 Å². The summed E-state index contributed by atoms with van der Waals surface area (Å²) >= 11 is 0. The first-order chi connectivity index (χ1) is 32.4. The fourth-order valence-corrected chi connectivity index (χ4v) is 11.3. The summed E-state index contributed by atoms with van der Waals surface area (Å²) in [5.74, 6) is -7.21. The number of Topliss-reactive ketones (excluding diaryl/α,β-unsaturated/α-hetero) is 3. The van der Waals surface area contributed by atoms with Crippen molar-refractivity contribution in [2.24, 2.45) is 35.5 Å². The van der Waals surface area contributed by atoms with Gasteiger partial charge in [-0.3, -0.25) is 23.7 Å². The zero-order valence-corrected chi connectivity index (χ0v) is 44.2. The van der Waals surface area contributed by atoms with Crippen LogP contribution in [0.2, 0.25) is 0 Å². The predicted octanol–water partition coefficient (Wildman–Crippen LogP) is 7.31. The zero-order chi connectivity index (χ0) is 51.4. The molecule has 0 aromatic rings. The molecule has 15 nitrogen and oxygen atoms in total. The van der Waals surface area contributed by atoms with Gasteiger partial charge in [0.25, 0.3) is 11.7 Å². The first-order valence-electron chi connectivity index (χ1n) is 24.9. The highest BCUT2D eigenvalue weighted by molar-refractivity contribution is 7.57. The van der Waals surface area contributed by atoms with E-state index in [0.717, 1.165) is 12.0 Å². The number of aliphatic hydroxyl groups excluding tert-OH is 2. The molecule has 390 valence electrons. The smallest absolute Gasteiger partial charge is 0.296 e. The Labute approximate surface area is 411 Å². The second-order valence-corrected chi connectivity index (χ2v) is 23.4. The molecule has 3 aliphatic heterocycles. The largest absolute Gasteiger partial charge is 0.386 e. The van der Waals surface area contributed by atoms with Crippen molar-refractivity contribution in [2.45, 2.75) is 174 Å².